The van der Waals surface area contributed by atoms with Gasteiger partial charge in [-0.05, 0) is 44.5 Å². The molecule has 7 heteroatoms. The molecule has 23 heavy (non-hydrogen) atoms. The molecule has 2 aliphatic rings. The van der Waals surface area contributed by atoms with Crippen LogP contribution in [0, 0.1) is 0 Å². The summed E-state index contributed by atoms with van der Waals surface area (Å²) >= 11 is 0. The van der Waals surface area contributed by atoms with Gasteiger partial charge in [-0.1, -0.05) is 6.07 Å². The molecule has 1 spiro atoms. The highest BCUT2D eigenvalue weighted by atomic mass is 16.5. The van der Waals surface area contributed by atoms with Crippen LogP contribution in [-0.2, 0) is 4.79 Å². The third kappa shape index (κ3) is 3.24. The minimum absolute atomic E-state index is 0.104. The number of piperidine rings is 1. The fraction of sp³-hybridized carbons (Fsp3) is 0.500. The summed E-state index contributed by atoms with van der Waals surface area (Å²) in [7, 11) is 0. The van der Waals surface area contributed by atoms with Crippen LogP contribution in [-0.4, -0.2) is 48.6 Å². The van der Waals surface area contributed by atoms with Gasteiger partial charge in [0.2, 0.25) is 0 Å². The maximum Gasteiger partial charge on any atom is 0.325 e. The standard InChI is InChI=1S/C16H22N4O3/c17-12-3-1-4-13(11-12)23-10-2-9-20-14(21)16(19-15(20)22)5-7-18-8-6-16/h1,3-4,11,18H,2,5-10,17H2,(H,19,22). The number of nitrogens with one attached hydrogen (secondary N) is 2. The van der Waals surface area contributed by atoms with Crippen LogP contribution in [0.15, 0.2) is 24.3 Å². The predicted octanol–water partition coefficient (Wildman–Crippen LogP) is 0.712. The van der Waals surface area contributed by atoms with E-state index in [2.05, 4.69) is 10.6 Å². The molecule has 0 radical (unpaired) electrons. The molecule has 0 aliphatic carbocycles. The van der Waals surface area contributed by atoms with E-state index in [0.717, 1.165) is 13.1 Å². The Morgan fingerprint density at radius 3 is 2.78 bits per heavy atom. The van der Waals surface area contributed by atoms with E-state index in [4.69, 9.17) is 10.5 Å². The number of urea groups is 1. The molecule has 0 bridgehead atoms. The van der Waals surface area contributed by atoms with Gasteiger partial charge in [0, 0.05) is 18.3 Å². The van der Waals surface area contributed by atoms with Crippen LogP contribution in [0.3, 0.4) is 0 Å². The lowest BCUT2D eigenvalue weighted by atomic mass is 9.88. The third-order valence-electron chi connectivity index (χ3n) is 4.36. The van der Waals surface area contributed by atoms with E-state index in [1.807, 2.05) is 12.1 Å². The van der Waals surface area contributed by atoms with Crippen molar-refractivity contribution in [1.29, 1.82) is 0 Å². The first kappa shape index (κ1) is 15.6. The fourth-order valence-electron chi connectivity index (χ4n) is 3.09. The first-order valence-corrected chi connectivity index (χ1v) is 7.94. The second-order valence-electron chi connectivity index (χ2n) is 5.99. The molecule has 7 nitrogen and oxygen atoms in total. The summed E-state index contributed by atoms with van der Waals surface area (Å²) in [5.74, 6) is 0.588. The van der Waals surface area contributed by atoms with Gasteiger partial charge in [-0.3, -0.25) is 9.69 Å². The Labute approximate surface area is 135 Å². The molecule has 124 valence electrons. The van der Waals surface area contributed by atoms with Crippen molar-refractivity contribution in [2.45, 2.75) is 24.8 Å². The Kier molecular flexibility index (Phi) is 4.38. The van der Waals surface area contributed by atoms with Gasteiger partial charge in [0.05, 0.1) is 6.61 Å². The Balaban J connectivity index is 1.50. The number of carbonyl (C=O) groups excluding carboxylic acids is 2. The number of nitrogens with zero attached hydrogens (tertiary/aromatic N) is 1. The Hall–Kier alpha value is -2.28. The molecular formula is C16H22N4O3. The monoisotopic (exact) mass is 318 g/mol. The third-order valence-corrected chi connectivity index (χ3v) is 4.36. The number of anilines is 1. The van der Waals surface area contributed by atoms with Crippen LogP contribution in [0.25, 0.3) is 0 Å². The summed E-state index contributed by atoms with van der Waals surface area (Å²) in [6.45, 7) is 2.29. The van der Waals surface area contributed by atoms with Crippen molar-refractivity contribution in [3.05, 3.63) is 24.3 Å². The van der Waals surface area contributed by atoms with Gasteiger partial charge in [0.25, 0.3) is 5.91 Å². The molecular weight excluding hydrogens is 296 g/mol. The minimum atomic E-state index is -0.697. The van der Waals surface area contributed by atoms with E-state index in [0.29, 0.717) is 43.9 Å². The molecule has 1 aromatic carbocycles. The SMILES string of the molecule is Nc1cccc(OCCCN2C(=O)NC3(CCNCC3)C2=O)c1. The Morgan fingerprint density at radius 2 is 2.04 bits per heavy atom. The highest BCUT2D eigenvalue weighted by molar-refractivity contribution is 6.07. The Morgan fingerprint density at radius 1 is 1.26 bits per heavy atom. The van der Waals surface area contributed by atoms with Gasteiger partial charge >= 0.3 is 6.03 Å². The lowest BCUT2D eigenvalue weighted by Gasteiger charge is -2.31. The number of imide groups is 1. The maximum atomic E-state index is 12.6. The van der Waals surface area contributed by atoms with Crippen LogP contribution in [0.1, 0.15) is 19.3 Å². The normalized spacial score (nSPS) is 19.9. The van der Waals surface area contributed by atoms with E-state index in [9.17, 15) is 9.59 Å². The van der Waals surface area contributed by atoms with Crippen molar-refractivity contribution in [3.63, 3.8) is 0 Å². The zero-order valence-corrected chi connectivity index (χ0v) is 13.0. The number of nitrogen functional groups attached to an aromatic ring is 1. The minimum Gasteiger partial charge on any atom is -0.493 e. The number of benzene rings is 1. The number of nitrogens with two attached hydrogens (primary N) is 1. The number of carbonyl (C=O) groups is 2. The highest BCUT2D eigenvalue weighted by Gasteiger charge is 2.50. The van der Waals surface area contributed by atoms with Gasteiger partial charge < -0.3 is 21.1 Å². The Bertz CT molecular complexity index is 599. The first-order chi connectivity index (χ1) is 11.1. The summed E-state index contributed by atoms with van der Waals surface area (Å²) in [4.78, 5) is 26.0. The van der Waals surface area contributed by atoms with Crippen LogP contribution in [0.2, 0.25) is 0 Å². The number of hydrogen-bond donors (Lipinski definition) is 3. The summed E-state index contributed by atoms with van der Waals surface area (Å²) in [6.07, 6.45) is 1.88. The number of rotatable bonds is 5. The molecule has 0 saturated carbocycles. The van der Waals surface area contributed by atoms with Crippen molar-refractivity contribution in [2.75, 3.05) is 32.0 Å². The number of hydrogen-bond acceptors (Lipinski definition) is 5. The summed E-state index contributed by atoms with van der Waals surface area (Å²) < 4.78 is 5.59. The smallest absolute Gasteiger partial charge is 0.325 e. The van der Waals surface area contributed by atoms with Crippen LogP contribution in [0.5, 0.6) is 5.75 Å². The molecule has 2 aliphatic heterocycles. The van der Waals surface area contributed by atoms with Crippen LogP contribution < -0.4 is 21.1 Å². The number of ether oxygens (including phenoxy) is 1. The molecule has 0 unspecified atom stereocenters. The van der Waals surface area contributed by atoms with Gasteiger partial charge in [0.15, 0.2) is 0 Å². The van der Waals surface area contributed by atoms with Crippen molar-refractivity contribution >= 4 is 17.6 Å². The topological polar surface area (TPSA) is 96.7 Å². The summed E-state index contributed by atoms with van der Waals surface area (Å²) in [5.41, 5.74) is 5.63. The molecule has 2 saturated heterocycles. The van der Waals surface area contributed by atoms with Crippen molar-refractivity contribution in [1.82, 2.24) is 15.5 Å². The zero-order valence-electron chi connectivity index (χ0n) is 13.0. The van der Waals surface area contributed by atoms with Crippen molar-refractivity contribution < 1.29 is 14.3 Å². The molecule has 0 atom stereocenters. The van der Waals surface area contributed by atoms with Crippen LogP contribution in [0.4, 0.5) is 10.5 Å². The van der Waals surface area contributed by atoms with Gasteiger partial charge in [-0.2, -0.15) is 0 Å². The second-order valence-corrected chi connectivity index (χ2v) is 5.99. The molecule has 1 aromatic rings. The van der Waals surface area contributed by atoms with Gasteiger partial charge in [0.1, 0.15) is 11.3 Å². The molecule has 3 rings (SSSR count). The predicted molar refractivity (Wildman–Crippen MR) is 86.0 cm³/mol. The van der Waals surface area contributed by atoms with E-state index >= 15 is 0 Å². The quantitative estimate of drug-likeness (QED) is 0.422. The summed E-state index contributed by atoms with van der Waals surface area (Å²) in [5, 5.41) is 6.08. The van der Waals surface area contributed by atoms with Gasteiger partial charge in [-0.25, -0.2) is 4.79 Å². The van der Waals surface area contributed by atoms with Gasteiger partial charge in [-0.15, -0.1) is 0 Å². The highest BCUT2D eigenvalue weighted by Crippen LogP contribution is 2.27. The van der Waals surface area contributed by atoms with Crippen LogP contribution >= 0.6 is 0 Å². The second kappa shape index (κ2) is 6.45. The lowest BCUT2D eigenvalue weighted by molar-refractivity contribution is -0.132. The van der Waals surface area contributed by atoms with E-state index in [1.165, 1.54) is 4.90 Å². The van der Waals surface area contributed by atoms with E-state index < -0.39 is 5.54 Å². The largest absolute Gasteiger partial charge is 0.493 e. The molecule has 3 amide bonds. The zero-order chi connectivity index (χ0) is 16.3. The average molecular weight is 318 g/mol. The molecule has 2 heterocycles. The lowest BCUT2D eigenvalue weighted by Crippen LogP contribution is -2.53. The molecule has 0 aromatic heterocycles. The summed E-state index contributed by atoms with van der Waals surface area (Å²) in [6, 6.07) is 6.90. The molecule has 2 fully saturated rings. The van der Waals surface area contributed by atoms with E-state index in [-0.39, 0.29) is 11.9 Å². The molecule has 4 N–H and O–H groups in total. The van der Waals surface area contributed by atoms with Crippen molar-refractivity contribution in [3.8, 4) is 5.75 Å². The first-order valence-electron chi connectivity index (χ1n) is 7.94. The van der Waals surface area contributed by atoms with Crippen molar-refractivity contribution in [2.24, 2.45) is 0 Å². The van der Waals surface area contributed by atoms with E-state index in [1.54, 1.807) is 12.1 Å². The fourth-order valence-corrected chi connectivity index (χ4v) is 3.09. The maximum absolute atomic E-state index is 12.6. The average Bonchev–Trinajstić information content (AvgIpc) is 2.76. The number of amides is 3.